The zero-order valence-corrected chi connectivity index (χ0v) is 19.9. The Labute approximate surface area is 196 Å². The highest BCUT2D eigenvalue weighted by atomic mass is 79.9. The van der Waals surface area contributed by atoms with Crippen LogP contribution in [0.4, 0.5) is 10.3 Å². The molecule has 2 heterocycles. The molecular weight excluding hydrogens is 552 g/mol. The fourth-order valence-corrected chi connectivity index (χ4v) is 4.85. The predicted octanol–water partition coefficient (Wildman–Crippen LogP) is 6.30. The SMILES string of the molecule is O=C(Nc1nc(-c2csc(NC(=O)c3ccccc3Br)n2)cs1)c1ccccc1Br. The summed E-state index contributed by atoms with van der Waals surface area (Å²) in [6.07, 6.45) is 0. The minimum atomic E-state index is -0.247. The molecule has 6 nitrogen and oxygen atoms in total. The molecule has 0 fully saturated rings. The minimum Gasteiger partial charge on any atom is -0.298 e. The van der Waals surface area contributed by atoms with E-state index in [4.69, 9.17) is 0 Å². The summed E-state index contributed by atoms with van der Waals surface area (Å²) in [6.45, 7) is 0. The Balaban J connectivity index is 1.45. The van der Waals surface area contributed by atoms with Gasteiger partial charge in [0.2, 0.25) is 0 Å². The number of carbonyl (C=O) groups is 2. The standard InChI is InChI=1S/C20H12Br2N4O2S2/c21-13-7-3-1-5-11(13)17(27)25-19-23-15(9-29-19)16-10-30-20(24-16)26-18(28)12-6-2-4-8-14(12)22/h1-10H,(H,23,25,27)(H,24,26,28). The molecule has 4 aromatic rings. The minimum absolute atomic E-state index is 0.247. The van der Waals surface area contributed by atoms with Gasteiger partial charge in [-0.25, -0.2) is 9.97 Å². The van der Waals surface area contributed by atoms with E-state index in [1.807, 2.05) is 22.9 Å². The third-order valence-electron chi connectivity index (χ3n) is 3.95. The maximum Gasteiger partial charge on any atom is 0.258 e. The Hall–Kier alpha value is -2.40. The molecule has 2 aromatic heterocycles. The van der Waals surface area contributed by atoms with Crippen LogP contribution >= 0.6 is 54.5 Å². The van der Waals surface area contributed by atoms with Gasteiger partial charge in [0, 0.05) is 19.7 Å². The summed E-state index contributed by atoms with van der Waals surface area (Å²) in [4.78, 5) is 33.7. The summed E-state index contributed by atoms with van der Waals surface area (Å²) in [5, 5.41) is 10.1. The van der Waals surface area contributed by atoms with Crippen molar-refractivity contribution in [3.8, 4) is 11.4 Å². The topological polar surface area (TPSA) is 84.0 Å². The Morgan fingerprint density at radius 2 is 1.10 bits per heavy atom. The molecule has 2 aromatic carbocycles. The molecule has 0 spiro atoms. The van der Waals surface area contributed by atoms with Crippen molar-refractivity contribution in [1.29, 1.82) is 0 Å². The van der Waals surface area contributed by atoms with Crippen LogP contribution in [0.25, 0.3) is 11.4 Å². The number of nitrogens with one attached hydrogen (secondary N) is 2. The normalized spacial score (nSPS) is 10.6. The van der Waals surface area contributed by atoms with E-state index < -0.39 is 0 Å². The Bertz CT molecular complexity index is 1140. The number of halogens is 2. The molecule has 4 rings (SSSR count). The summed E-state index contributed by atoms with van der Waals surface area (Å²) < 4.78 is 1.42. The van der Waals surface area contributed by atoms with Crippen molar-refractivity contribution in [1.82, 2.24) is 9.97 Å². The lowest BCUT2D eigenvalue weighted by Gasteiger charge is -2.03. The van der Waals surface area contributed by atoms with Gasteiger partial charge in [-0.3, -0.25) is 20.2 Å². The predicted molar refractivity (Wildman–Crippen MR) is 127 cm³/mol. The van der Waals surface area contributed by atoms with E-state index in [9.17, 15) is 9.59 Å². The summed E-state index contributed by atoms with van der Waals surface area (Å²) >= 11 is 9.36. The highest BCUT2D eigenvalue weighted by molar-refractivity contribution is 9.10. The van der Waals surface area contributed by atoms with E-state index in [0.29, 0.717) is 41.7 Å². The fourth-order valence-electron chi connectivity index (χ4n) is 2.52. The molecule has 2 N–H and O–H groups in total. The molecule has 0 saturated heterocycles. The van der Waals surface area contributed by atoms with Crippen molar-refractivity contribution in [3.63, 3.8) is 0 Å². The second-order valence-corrected chi connectivity index (χ2v) is 9.37. The quantitative estimate of drug-likeness (QED) is 0.298. The molecule has 0 atom stereocenters. The van der Waals surface area contributed by atoms with Crippen molar-refractivity contribution >= 4 is 76.6 Å². The van der Waals surface area contributed by atoms with Crippen LogP contribution < -0.4 is 10.6 Å². The molecule has 0 saturated carbocycles. The summed E-state index contributed by atoms with van der Waals surface area (Å²) in [5.41, 5.74) is 2.31. The van der Waals surface area contributed by atoms with E-state index >= 15 is 0 Å². The van der Waals surface area contributed by atoms with Crippen molar-refractivity contribution < 1.29 is 9.59 Å². The van der Waals surface area contributed by atoms with Gasteiger partial charge in [-0.15, -0.1) is 22.7 Å². The van der Waals surface area contributed by atoms with Crippen LogP contribution in [-0.4, -0.2) is 21.8 Å². The number of aromatic nitrogens is 2. The van der Waals surface area contributed by atoms with E-state index in [2.05, 4.69) is 52.5 Å². The van der Waals surface area contributed by atoms with E-state index in [0.717, 1.165) is 0 Å². The molecule has 0 unspecified atom stereocenters. The van der Waals surface area contributed by atoms with Crippen molar-refractivity contribution in [2.75, 3.05) is 10.6 Å². The van der Waals surface area contributed by atoms with Crippen LogP contribution in [0.5, 0.6) is 0 Å². The number of hydrogen-bond donors (Lipinski definition) is 2. The molecule has 150 valence electrons. The number of thiazole rings is 2. The average molecular weight is 564 g/mol. The first-order valence-corrected chi connectivity index (χ1v) is 11.9. The molecule has 2 amide bonds. The summed E-state index contributed by atoms with van der Waals surface area (Å²) in [5.74, 6) is -0.494. The van der Waals surface area contributed by atoms with Gasteiger partial charge in [0.05, 0.1) is 11.1 Å². The molecule has 10 heteroatoms. The van der Waals surface area contributed by atoms with Crippen LogP contribution in [0.1, 0.15) is 20.7 Å². The molecule has 0 radical (unpaired) electrons. The van der Waals surface area contributed by atoms with Gasteiger partial charge in [0.15, 0.2) is 10.3 Å². The Kier molecular flexibility index (Phi) is 6.38. The molecule has 30 heavy (non-hydrogen) atoms. The van der Waals surface area contributed by atoms with Gasteiger partial charge in [-0.2, -0.15) is 0 Å². The van der Waals surface area contributed by atoms with Crippen molar-refractivity contribution in [2.24, 2.45) is 0 Å². The number of rotatable bonds is 5. The molecule has 0 aliphatic carbocycles. The van der Waals surface area contributed by atoms with E-state index in [1.54, 1.807) is 36.4 Å². The van der Waals surface area contributed by atoms with Crippen LogP contribution in [-0.2, 0) is 0 Å². The second-order valence-electron chi connectivity index (χ2n) is 5.94. The second kappa shape index (κ2) is 9.17. The van der Waals surface area contributed by atoms with Crippen LogP contribution in [0.2, 0.25) is 0 Å². The monoisotopic (exact) mass is 562 g/mol. The lowest BCUT2D eigenvalue weighted by molar-refractivity contribution is 0.101. The maximum atomic E-state index is 12.4. The zero-order chi connectivity index (χ0) is 21.1. The summed E-state index contributed by atoms with van der Waals surface area (Å²) in [7, 11) is 0. The number of benzene rings is 2. The van der Waals surface area contributed by atoms with Crippen LogP contribution in [0.15, 0.2) is 68.2 Å². The Morgan fingerprint density at radius 1 is 0.700 bits per heavy atom. The van der Waals surface area contributed by atoms with Crippen molar-refractivity contribution in [2.45, 2.75) is 0 Å². The number of anilines is 2. The van der Waals surface area contributed by atoms with Gasteiger partial charge >= 0.3 is 0 Å². The lowest BCUT2D eigenvalue weighted by atomic mass is 10.2. The third-order valence-corrected chi connectivity index (χ3v) is 6.85. The van der Waals surface area contributed by atoms with E-state index in [-0.39, 0.29) is 11.8 Å². The largest absolute Gasteiger partial charge is 0.298 e. The summed E-state index contributed by atoms with van der Waals surface area (Å²) in [6, 6.07) is 14.4. The van der Waals surface area contributed by atoms with Crippen LogP contribution in [0.3, 0.4) is 0 Å². The third kappa shape index (κ3) is 4.67. The average Bonchev–Trinajstić information content (AvgIpc) is 3.38. The fraction of sp³-hybridized carbons (Fsp3) is 0. The highest BCUT2D eigenvalue weighted by Crippen LogP contribution is 2.29. The lowest BCUT2D eigenvalue weighted by Crippen LogP contribution is -2.12. The molecule has 0 aliphatic rings. The molecular formula is C20H12Br2N4O2S2. The first-order chi connectivity index (χ1) is 14.5. The van der Waals surface area contributed by atoms with Gasteiger partial charge in [-0.05, 0) is 56.1 Å². The zero-order valence-electron chi connectivity index (χ0n) is 15.1. The van der Waals surface area contributed by atoms with Crippen molar-refractivity contribution in [3.05, 3.63) is 79.4 Å². The Morgan fingerprint density at radius 3 is 1.50 bits per heavy atom. The smallest absolute Gasteiger partial charge is 0.258 e. The number of amides is 2. The van der Waals surface area contributed by atoms with Gasteiger partial charge in [0.25, 0.3) is 11.8 Å². The van der Waals surface area contributed by atoms with Gasteiger partial charge < -0.3 is 0 Å². The number of carbonyl (C=O) groups excluding carboxylic acids is 2. The van der Waals surface area contributed by atoms with Gasteiger partial charge in [0.1, 0.15) is 11.4 Å². The molecule has 0 aliphatic heterocycles. The van der Waals surface area contributed by atoms with Gasteiger partial charge in [-0.1, -0.05) is 24.3 Å². The number of nitrogens with zero attached hydrogens (tertiary/aromatic N) is 2. The highest BCUT2D eigenvalue weighted by Gasteiger charge is 2.15. The first-order valence-electron chi connectivity index (χ1n) is 8.54. The molecule has 0 bridgehead atoms. The van der Waals surface area contributed by atoms with E-state index in [1.165, 1.54) is 22.7 Å². The maximum absolute atomic E-state index is 12.4. The number of hydrogen-bond acceptors (Lipinski definition) is 6. The van der Waals surface area contributed by atoms with Crippen LogP contribution in [0, 0.1) is 0 Å². The first kappa shape index (κ1) is 20.9.